The van der Waals surface area contributed by atoms with Crippen LogP contribution in [0.1, 0.15) is 20.8 Å². The molecule has 2 aromatic carbocycles. The van der Waals surface area contributed by atoms with Crippen molar-refractivity contribution in [1.82, 2.24) is 4.31 Å². The molecule has 0 atom stereocenters. The molecule has 0 radical (unpaired) electrons. The van der Waals surface area contributed by atoms with Gasteiger partial charge in [0.15, 0.2) is 0 Å². The van der Waals surface area contributed by atoms with Crippen LogP contribution in [0.2, 0.25) is 5.02 Å². The summed E-state index contributed by atoms with van der Waals surface area (Å²) in [5.41, 5.74) is 2.30. The zero-order valence-electron chi connectivity index (χ0n) is 15.1. The lowest BCUT2D eigenvalue weighted by Gasteiger charge is -2.28. The summed E-state index contributed by atoms with van der Waals surface area (Å²) in [4.78, 5) is 12.7. The van der Waals surface area contributed by atoms with E-state index in [1.165, 1.54) is 22.5 Å². The highest BCUT2D eigenvalue weighted by Crippen LogP contribution is 2.31. The SMILES string of the molecule is O=C(Nc1ccc(F)cc1Cl)c1sccc1S(=O)(=O)N1CCc2ccccc2C1. The molecule has 0 saturated carbocycles. The minimum absolute atomic E-state index is 0.0342. The van der Waals surface area contributed by atoms with Crippen LogP contribution >= 0.6 is 22.9 Å². The van der Waals surface area contributed by atoms with Gasteiger partial charge in [0.05, 0.1) is 10.7 Å². The quantitative estimate of drug-likeness (QED) is 0.634. The van der Waals surface area contributed by atoms with Crippen LogP contribution in [0.3, 0.4) is 0 Å². The Bertz CT molecular complexity index is 1190. The molecule has 0 aliphatic carbocycles. The van der Waals surface area contributed by atoms with Crippen molar-refractivity contribution in [1.29, 1.82) is 0 Å². The Morgan fingerprint density at radius 3 is 2.66 bits per heavy atom. The van der Waals surface area contributed by atoms with Crippen molar-refractivity contribution in [3.8, 4) is 0 Å². The largest absolute Gasteiger partial charge is 0.320 e. The zero-order chi connectivity index (χ0) is 20.6. The fraction of sp³-hybridized carbons (Fsp3) is 0.150. The second-order valence-corrected chi connectivity index (χ2v) is 9.78. The third kappa shape index (κ3) is 3.93. The van der Waals surface area contributed by atoms with E-state index < -0.39 is 21.7 Å². The van der Waals surface area contributed by atoms with Crippen molar-refractivity contribution < 1.29 is 17.6 Å². The lowest BCUT2D eigenvalue weighted by molar-refractivity contribution is 0.102. The van der Waals surface area contributed by atoms with Gasteiger partial charge in [-0.1, -0.05) is 35.9 Å². The summed E-state index contributed by atoms with van der Waals surface area (Å²) < 4.78 is 41.0. The summed E-state index contributed by atoms with van der Waals surface area (Å²) in [5, 5.41) is 4.16. The molecule has 5 nitrogen and oxygen atoms in total. The molecule has 9 heteroatoms. The van der Waals surface area contributed by atoms with Crippen molar-refractivity contribution in [2.24, 2.45) is 0 Å². The first-order valence-corrected chi connectivity index (χ1v) is 11.5. The van der Waals surface area contributed by atoms with Crippen LogP contribution in [0.15, 0.2) is 58.8 Å². The van der Waals surface area contributed by atoms with E-state index in [4.69, 9.17) is 11.6 Å². The van der Waals surface area contributed by atoms with Gasteiger partial charge in [-0.2, -0.15) is 4.31 Å². The van der Waals surface area contributed by atoms with Gasteiger partial charge in [-0.3, -0.25) is 4.79 Å². The van der Waals surface area contributed by atoms with Gasteiger partial charge in [-0.25, -0.2) is 12.8 Å². The second kappa shape index (κ2) is 7.87. The lowest BCUT2D eigenvalue weighted by atomic mass is 10.0. The topological polar surface area (TPSA) is 66.5 Å². The fourth-order valence-electron chi connectivity index (χ4n) is 3.25. The molecule has 1 amide bonds. The van der Waals surface area contributed by atoms with E-state index >= 15 is 0 Å². The second-order valence-electron chi connectivity index (χ2n) is 6.55. The standard InChI is InChI=1S/C20H16ClFN2O3S2/c21-16-11-15(22)5-6-17(16)23-20(25)19-18(8-10-28-19)29(26,27)24-9-7-13-3-1-2-4-14(13)12-24/h1-6,8,10-11H,7,9,12H2,(H,23,25). The Labute approximate surface area is 176 Å². The van der Waals surface area contributed by atoms with Crippen LogP contribution in [0.25, 0.3) is 0 Å². The Morgan fingerprint density at radius 1 is 1.14 bits per heavy atom. The molecule has 0 bridgehead atoms. The number of hydrogen-bond donors (Lipinski definition) is 1. The summed E-state index contributed by atoms with van der Waals surface area (Å²) >= 11 is 6.98. The monoisotopic (exact) mass is 450 g/mol. The Kier molecular flexibility index (Phi) is 5.44. The molecule has 1 N–H and O–H groups in total. The van der Waals surface area contributed by atoms with Gasteiger partial charge >= 0.3 is 0 Å². The number of halogens is 2. The van der Waals surface area contributed by atoms with Crippen LogP contribution in [-0.4, -0.2) is 25.2 Å². The number of nitrogens with one attached hydrogen (secondary N) is 1. The third-order valence-corrected chi connectivity index (χ3v) is 7.97. The number of nitrogens with zero attached hydrogens (tertiary/aromatic N) is 1. The fourth-order valence-corrected chi connectivity index (χ4v) is 6.18. The van der Waals surface area contributed by atoms with Gasteiger partial charge in [0.25, 0.3) is 5.91 Å². The summed E-state index contributed by atoms with van der Waals surface area (Å²) in [6.07, 6.45) is 0.617. The maximum absolute atomic E-state index is 13.2. The van der Waals surface area contributed by atoms with E-state index in [9.17, 15) is 17.6 Å². The molecule has 3 aromatic rings. The summed E-state index contributed by atoms with van der Waals surface area (Å²) in [6.45, 7) is 0.610. The molecule has 2 heterocycles. The number of thiophene rings is 1. The summed E-state index contributed by atoms with van der Waals surface area (Å²) in [7, 11) is -3.86. The molecular weight excluding hydrogens is 435 g/mol. The van der Waals surface area contributed by atoms with Crippen molar-refractivity contribution in [2.45, 2.75) is 17.9 Å². The molecular formula is C20H16ClFN2O3S2. The smallest absolute Gasteiger partial charge is 0.267 e. The van der Waals surface area contributed by atoms with E-state index in [2.05, 4.69) is 5.32 Å². The average Bonchev–Trinajstić information content (AvgIpc) is 3.20. The number of amides is 1. The molecule has 0 saturated heterocycles. The highest BCUT2D eigenvalue weighted by molar-refractivity contribution is 7.89. The van der Waals surface area contributed by atoms with Gasteiger partial charge < -0.3 is 5.32 Å². The van der Waals surface area contributed by atoms with Gasteiger partial charge in [0.1, 0.15) is 15.6 Å². The maximum atomic E-state index is 13.2. The van der Waals surface area contributed by atoms with E-state index in [1.807, 2.05) is 24.3 Å². The number of fused-ring (bicyclic) bond motifs is 1. The molecule has 4 rings (SSSR count). The normalized spacial score (nSPS) is 14.4. The minimum atomic E-state index is -3.86. The van der Waals surface area contributed by atoms with Crippen LogP contribution in [-0.2, 0) is 23.0 Å². The predicted octanol–water partition coefficient (Wildman–Crippen LogP) is 4.54. The van der Waals surface area contributed by atoms with Crippen LogP contribution < -0.4 is 5.32 Å². The third-order valence-electron chi connectivity index (χ3n) is 4.73. The number of carbonyl (C=O) groups excluding carboxylic acids is 1. The first-order valence-electron chi connectivity index (χ1n) is 8.77. The molecule has 0 unspecified atom stereocenters. The molecule has 0 fully saturated rings. The van der Waals surface area contributed by atoms with Gasteiger partial charge in [-0.15, -0.1) is 11.3 Å². The molecule has 150 valence electrons. The van der Waals surface area contributed by atoms with E-state index in [0.29, 0.717) is 13.0 Å². The molecule has 0 spiro atoms. The van der Waals surface area contributed by atoms with Gasteiger partial charge in [0.2, 0.25) is 10.0 Å². The van der Waals surface area contributed by atoms with E-state index in [0.717, 1.165) is 28.5 Å². The molecule has 29 heavy (non-hydrogen) atoms. The number of sulfonamides is 1. The van der Waals surface area contributed by atoms with Crippen molar-refractivity contribution in [3.63, 3.8) is 0 Å². The highest BCUT2D eigenvalue weighted by Gasteiger charge is 2.32. The maximum Gasteiger partial charge on any atom is 0.267 e. The average molecular weight is 451 g/mol. The van der Waals surface area contributed by atoms with Crippen molar-refractivity contribution in [3.05, 3.63) is 80.8 Å². The number of benzene rings is 2. The number of hydrogen-bond acceptors (Lipinski definition) is 4. The van der Waals surface area contributed by atoms with Crippen molar-refractivity contribution in [2.75, 3.05) is 11.9 Å². The minimum Gasteiger partial charge on any atom is -0.320 e. The van der Waals surface area contributed by atoms with E-state index in [1.54, 1.807) is 5.38 Å². The van der Waals surface area contributed by atoms with Crippen LogP contribution in [0.5, 0.6) is 0 Å². The van der Waals surface area contributed by atoms with Gasteiger partial charge in [-0.05, 0) is 47.2 Å². The van der Waals surface area contributed by atoms with Gasteiger partial charge in [0, 0.05) is 13.1 Å². The van der Waals surface area contributed by atoms with E-state index in [-0.39, 0.29) is 27.0 Å². The van der Waals surface area contributed by atoms with Crippen LogP contribution in [0.4, 0.5) is 10.1 Å². The predicted molar refractivity (Wildman–Crippen MR) is 111 cm³/mol. The Morgan fingerprint density at radius 2 is 1.90 bits per heavy atom. The summed E-state index contributed by atoms with van der Waals surface area (Å²) in [6, 6.07) is 12.7. The Balaban J connectivity index is 1.60. The highest BCUT2D eigenvalue weighted by atomic mass is 35.5. The zero-order valence-corrected chi connectivity index (χ0v) is 17.5. The number of rotatable bonds is 4. The first kappa shape index (κ1) is 20.0. The van der Waals surface area contributed by atoms with Crippen LogP contribution in [0, 0.1) is 5.82 Å². The number of carbonyl (C=O) groups is 1. The number of anilines is 1. The Hall–Kier alpha value is -2.26. The summed E-state index contributed by atoms with van der Waals surface area (Å²) in [5.74, 6) is -1.14. The first-order chi connectivity index (χ1) is 13.9. The molecule has 1 aromatic heterocycles. The van der Waals surface area contributed by atoms with Crippen molar-refractivity contribution >= 4 is 44.6 Å². The molecule has 1 aliphatic heterocycles. The molecule has 1 aliphatic rings. The lowest BCUT2D eigenvalue weighted by Crippen LogP contribution is -2.36.